The largest absolute Gasteiger partial charge is 0.382 e. The van der Waals surface area contributed by atoms with Crippen LogP contribution in [0.5, 0.6) is 0 Å². The standard InChI is InChI=1S/C14H21IO3/c1-12-4-3-5-13(10-12)14(11-15)18-9-8-17-7-6-16-2/h3-5,10,14H,6-9,11H2,1-2H3. The Morgan fingerprint density at radius 1 is 1.17 bits per heavy atom. The maximum Gasteiger partial charge on any atom is 0.0915 e. The van der Waals surface area contributed by atoms with Gasteiger partial charge in [-0.3, -0.25) is 0 Å². The second kappa shape index (κ2) is 9.72. The molecule has 4 heteroatoms. The number of hydrogen-bond acceptors (Lipinski definition) is 3. The fourth-order valence-corrected chi connectivity index (χ4v) is 2.36. The van der Waals surface area contributed by atoms with Crippen molar-refractivity contribution in [1.29, 1.82) is 0 Å². The molecule has 0 amide bonds. The number of rotatable bonds is 9. The second-order valence-electron chi connectivity index (χ2n) is 4.03. The van der Waals surface area contributed by atoms with Gasteiger partial charge in [0.1, 0.15) is 0 Å². The SMILES string of the molecule is COCCOCCOC(CI)c1cccc(C)c1. The zero-order valence-corrected chi connectivity index (χ0v) is 13.2. The van der Waals surface area contributed by atoms with E-state index in [4.69, 9.17) is 14.2 Å². The first kappa shape index (κ1) is 15.9. The summed E-state index contributed by atoms with van der Waals surface area (Å²) in [5, 5.41) is 0. The van der Waals surface area contributed by atoms with Gasteiger partial charge in [0.15, 0.2) is 0 Å². The lowest BCUT2D eigenvalue weighted by atomic mass is 10.1. The van der Waals surface area contributed by atoms with E-state index in [0.717, 1.165) is 4.43 Å². The molecule has 0 aromatic heterocycles. The fourth-order valence-electron chi connectivity index (χ4n) is 1.59. The van der Waals surface area contributed by atoms with Crippen molar-refractivity contribution in [2.45, 2.75) is 13.0 Å². The highest BCUT2D eigenvalue weighted by Crippen LogP contribution is 2.20. The summed E-state index contributed by atoms with van der Waals surface area (Å²) in [5.41, 5.74) is 2.50. The third-order valence-corrected chi connectivity index (χ3v) is 3.33. The first-order valence-electron chi connectivity index (χ1n) is 6.08. The minimum atomic E-state index is 0.150. The Balaban J connectivity index is 2.29. The van der Waals surface area contributed by atoms with Crippen LogP contribution in [0.15, 0.2) is 24.3 Å². The molecule has 0 aliphatic rings. The van der Waals surface area contributed by atoms with Crippen LogP contribution in [0.25, 0.3) is 0 Å². The first-order chi connectivity index (χ1) is 8.77. The van der Waals surface area contributed by atoms with Crippen molar-refractivity contribution < 1.29 is 14.2 Å². The van der Waals surface area contributed by atoms with Gasteiger partial charge in [-0.15, -0.1) is 0 Å². The summed E-state index contributed by atoms with van der Waals surface area (Å²) in [4.78, 5) is 0. The lowest BCUT2D eigenvalue weighted by Crippen LogP contribution is -2.12. The molecule has 1 rings (SSSR count). The topological polar surface area (TPSA) is 27.7 Å². The van der Waals surface area contributed by atoms with Crippen LogP contribution in [0.4, 0.5) is 0 Å². The second-order valence-corrected chi connectivity index (χ2v) is 4.91. The molecule has 1 unspecified atom stereocenters. The smallest absolute Gasteiger partial charge is 0.0915 e. The van der Waals surface area contributed by atoms with E-state index in [1.165, 1.54) is 11.1 Å². The van der Waals surface area contributed by atoms with Crippen LogP contribution in [-0.2, 0) is 14.2 Å². The molecule has 0 fully saturated rings. The molecule has 0 spiro atoms. The van der Waals surface area contributed by atoms with E-state index in [9.17, 15) is 0 Å². The molecular formula is C14H21IO3. The Labute approximate surface area is 123 Å². The van der Waals surface area contributed by atoms with Crippen LogP contribution in [0, 0.1) is 6.92 Å². The monoisotopic (exact) mass is 364 g/mol. The summed E-state index contributed by atoms with van der Waals surface area (Å²) in [6.45, 7) is 4.59. The highest BCUT2D eigenvalue weighted by Gasteiger charge is 2.10. The Kier molecular flexibility index (Phi) is 8.58. The average Bonchev–Trinajstić information content (AvgIpc) is 2.38. The minimum absolute atomic E-state index is 0.150. The van der Waals surface area contributed by atoms with Crippen molar-refractivity contribution in [3.05, 3.63) is 35.4 Å². The number of aryl methyl sites for hydroxylation is 1. The van der Waals surface area contributed by atoms with Crippen LogP contribution in [0.2, 0.25) is 0 Å². The molecule has 0 heterocycles. The van der Waals surface area contributed by atoms with Gasteiger partial charge < -0.3 is 14.2 Å². The molecule has 0 aliphatic carbocycles. The highest BCUT2D eigenvalue weighted by molar-refractivity contribution is 14.1. The summed E-state index contributed by atoms with van der Waals surface area (Å²) >= 11 is 2.35. The van der Waals surface area contributed by atoms with Crippen molar-refractivity contribution in [2.75, 3.05) is 38.0 Å². The summed E-state index contributed by atoms with van der Waals surface area (Å²) in [6.07, 6.45) is 0.150. The lowest BCUT2D eigenvalue weighted by Gasteiger charge is -2.16. The lowest BCUT2D eigenvalue weighted by molar-refractivity contribution is 0.00121. The van der Waals surface area contributed by atoms with Gasteiger partial charge in [0.05, 0.1) is 32.5 Å². The normalized spacial score (nSPS) is 12.6. The van der Waals surface area contributed by atoms with Gasteiger partial charge in [0.2, 0.25) is 0 Å². The van der Waals surface area contributed by atoms with E-state index in [1.54, 1.807) is 7.11 Å². The van der Waals surface area contributed by atoms with Crippen LogP contribution in [0.3, 0.4) is 0 Å². The van der Waals surface area contributed by atoms with Crippen LogP contribution < -0.4 is 0 Å². The number of methoxy groups -OCH3 is 1. The van der Waals surface area contributed by atoms with Crippen LogP contribution in [0.1, 0.15) is 17.2 Å². The van der Waals surface area contributed by atoms with E-state index in [2.05, 4.69) is 53.8 Å². The van der Waals surface area contributed by atoms with Gasteiger partial charge in [-0.2, -0.15) is 0 Å². The van der Waals surface area contributed by atoms with Crippen molar-refractivity contribution in [3.8, 4) is 0 Å². The third-order valence-electron chi connectivity index (χ3n) is 2.53. The number of benzene rings is 1. The highest BCUT2D eigenvalue weighted by atomic mass is 127. The molecule has 18 heavy (non-hydrogen) atoms. The molecule has 1 aromatic carbocycles. The number of halogens is 1. The van der Waals surface area contributed by atoms with Gasteiger partial charge in [-0.25, -0.2) is 0 Å². The number of hydrogen-bond donors (Lipinski definition) is 0. The quantitative estimate of drug-likeness (QED) is 0.383. The molecule has 102 valence electrons. The van der Waals surface area contributed by atoms with Crippen LogP contribution >= 0.6 is 22.6 Å². The molecule has 3 nitrogen and oxygen atoms in total. The maximum atomic E-state index is 5.84. The van der Waals surface area contributed by atoms with Crippen molar-refractivity contribution in [3.63, 3.8) is 0 Å². The summed E-state index contributed by atoms with van der Waals surface area (Å²) < 4.78 is 17.1. The third kappa shape index (κ3) is 6.13. The molecule has 0 radical (unpaired) electrons. The molecule has 0 saturated heterocycles. The molecule has 1 atom stereocenters. The van der Waals surface area contributed by atoms with E-state index in [-0.39, 0.29) is 6.10 Å². The molecule has 1 aromatic rings. The van der Waals surface area contributed by atoms with Gasteiger partial charge in [0, 0.05) is 11.5 Å². The van der Waals surface area contributed by atoms with Gasteiger partial charge >= 0.3 is 0 Å². The zero-order valence-electron chi connectivity index (χ0n) is 11.0. The van der Waals surface area contributed by atoms with Crippen molar-refractivity contribution in [1.82, 2.24) is 0 Å². The maximum absolute atomic E-state index is 5.84. The van der Waals surface area contributed by atoms with E-state index >= 15 is 0 Å². The van der Waals surface area contributed by atoms with Gasteiger partial charge in [0.25, 0.3) is 0 Å². The first-order valence-corrected chi connectivity index (χ1v) is 7.61. The predicted molar refractivity (Wildman–Crippen MR) is 81.5 cm³/mol. The molecular weight excluding hydrogens is 343 g/mol. The Bertz CT molecular complexity index is 331. The number of alkyl halides is 1. The summed E-state index contributed by atoms with van der Waals surface area (Å²) in [7, 11) is 1.67. The molecule has 0 N–H and O–H groups in total. The van der Waals surface area contributed by atoms with Crippen molar-refractivity contribution in [2.24, 2.45) is 0 Å². The van der Waals surface area contributed by atoms with E-state index in [1.807, 2.05) is 0 Å². The summed E-state index contributed by atoms with van der Waals surface area (Å²) in [5.74, 6) is 0. The minimum Gasteiger partial charge on any atom is -0.382 e. The molecule has 0 saturated carbocycles. The Morgan fingerprint density at radius 3 is 2.61 bits per heavy atom. The fraction of sp³-hybridized carbons (Fsp3) is 0.571. The Morgan fingerprint density at radius 2 is 1.94 bits per heavy atom. The molecule has 0 aliphatic heterocycles. The zero-order chi connectivity index (χ0) is 13.2. The number of ether oxygens (including phenoxy) is 3. The van der Waals surface area contributed by atoms with Gasteiger partial charge in [-0.1, -0.05) is 52.4 Å². The average molecular weight is 364 g/mol. The molecule has 0 bridgehead atoms. The predicted octanol–water partition coefficient (Wildman–Crippen LogP) is 3.15. The van der Waals surface area contributed by atoms with E-state index < -0.39 is 0 Å². The Hall–Kier alpha value is -0.170. The van der Waals surface area contributed by atoms with Crippen molar-refractivity contribution >= 4 is 22.6 Å². The van der Waals surface area contributed by atoms with Crippen LogP contribution in [-0.4, -0.2) is 38.0 Å². The summed E-state index contributed by atoms with van der Waals surface area (Å²) in [6, 6.07) is 8.46. The van der Waals surface area contributed by atoms with E-state index in [0.29, 0.717) is 26.4 Å². The van der Waals surface area contributed by atoms with Gasteiger partial charge in [-0.05, 0) is 12.5 Å².